The molecule has 1 saturated heterocycles. The van der Waals surface area contributed by atoms with Crippen molar-refractivity contribution in [1.29, 1.82) is 5.26 Å². The second-order valence-electron chi connectivity index (χ2n) is 3.92. The number of allylic oxidation sites excluding steroid dienone is 3. The molecular weight excluding hydrogens is 311 g/mol. The van der Waals surface area contributed by atoms with Crippen LogP contribution in [-0.2, 0) is 10.1 Å². The minimum absolute atomic E-state index is 0. The first-order valence-corrected chi connectivity index (χ1v) is 8.08. The van der Waals surface area contributed by atoms with E-state index in [-0.39, 0.29) is 57.1 Å². The normalized spacial score (nSPS) is 18.3. The van der Waals surface area contributed by atoms with Gasteiger partial charge in [-0.3, -0.25) is 0 Å². The van der Waals surface area contributed by atoms with Gasteiger partial charge in [-0.2, -0.15) is 5.26 Å². The Bertz CT molecular complexity index is 495. The molecule has 1 fully saturated rings. The van der Waals surface area contributed by atoms with E-state index in [2.05, 4.69) is 0 Å². The summed E-state index contributed by atoms with van der Waals surface area (Å²) in [6.45, 7) is 3.12. The molecule has 1 rings (SSSR count). The van der Waals surface area contributed by atoms with Crippen molar-refractivity contribution >= 4 is 21.9 Å². The van der Waals surface area contributed by atoms with Crippen LogP contribution in [0.5, 0.6) is 0 Å². The van der Waals surface area contributed by atoms with E-state index >= 15 is 0 Å². The number of hydrogen-bond acceptors (Lipinski definition) is 6. The predicted octanol–water partition coefficient (Wildman–Crippen LogP) is -1.71. The van der Waals surface area contributed by atoms with Gasteiger partial charge in [0.2, 0.25) is 0 Å². The van der Waals surface area contributed by atoms with Gasteiger partial charge in [0.15, 0.2) is 0 Å². The zero-order chi connectivity index (χ0) is 13.6. The van der Waals surface area contributed by atoms with Gasteiger partial charge in [0, 0.05) is 30.2 Å². The molecule has 1 aliphatic rings. The van der Waals surface area contributed by atoms with Crippen molar-refractivity contribution in [3.05, 3.63) is 22.8 Å². The molecule has 8 heteroatoms. The van der Waals surface area contributed by atoms with Crippen LogP contribution in [0.25, 0.3) is 0 Å². The standard InChI is InChI=1S/C11H16N2O3S2.K/c1-10(9-12)3-4-11-13(6-7-17-11)5-2-8-18(14,15)16;/h3-4H,2,5-8H2,1H3,(H,14,15,16);/q;+1/p-1/b10-3-,11-4+;. The molecular formula is C11H15KN2O3S2. The van der Waals surface area contributed by atoms with Gasteiger partial charge >= 0.3 is 51.4 Å². The first-order chi connectivity index (χ1) is 8.42. The van der Waals surface area contributed by atoms with Crippen LogP contribution in [-0.4, -0.2) is 42.5 Å². The van der Waals surface area contributed by atoms with E-state index in [1.807, 2.05) is 17.0 Å². The van der Waals surface area contributed by atoms with Crippen LogP contribution in [0.3, 0.4) is 0 Å². The molecule has 5 nitrogen and oxygen atoms in total. The molecule has 0 saturated carbocycles. The summed E-state index contributed by atoms with van der Waals surface area (Å²) >= 11 is 1.67. The zero-order valence-electron chi connectivity index (χ0n) is 11.1. The van der Waals surface area contributed by atoms with Crippen molar-refractivity contribution < 1.29 is 64.4 Å². The summed E-state index contributed by atoms with van der Waals surface area (Å²) in [5.74, 6) is 0.615. The molecule has 0 spiro atoms. The SMILES string of the molecule is C/C(C#N)=C/C=C1/SCCN1CCCS(=O)(=O)[O-].[K+]. The Morgan fingerprint density at radius 2 is 2.32 bits per heavy atom. The van der Waals surface area contributed by atoms with Crippen LogP contribution in [0, 0.1) is 11.3 Å². The molecule has 1 aliphatic heterocycles. The fraction of sp³-hybridized carbons (Fsp3) is 0.545. The molecule has 0 radical (unpaired) electrons. The average Bonchev–Trinajstić information content (AvgIpc) is 2.72. The van der Waals surface area contributed by atoms with Crippen LogP contribution in [0.15, 0.2) is 22.8 Å². The summed E-state index contributed by atoms with van der Waals surface area (Å²) in [5, 5.41) is 9.66. The van der Waals surface area contributed by atoms with Gasteiger partial charge in [-0.1, -0.05) is 0 Å². The Labute approximate surface area is 161 Å². The van der Waals surface area contributed by atoms with E-state index in [0.717, 1.165) is 17.3 Å². The van der Waals surface area contributed by atoms with E-state index < -0.39 is 10.1 Å². The quantitative estimate of drug-likeness (QED) is 0.340. The van der Waals surface area contributed by atoms with Crippen LogP contribution < -0.4 is 51.4 Å². The van der Waals surface area contributed by atoms with Crippen LogP contribution >= 0.6 is 11.8 Å². The van der Waals surface area contributed by atoms with Gasteiger partial charge in [0.1, 0.15) is 0 Å². The smallest absolute Gasteiger partial charge is 0.748 e. The minimum Gasteiger partial charge on any atom is -0.748 e. The summed E-state index contributed by atoms with van der Waals surface area (Å²) in [6.07, 6.45) is 3.94. The van der Waals surface area contributed by atoms with Crippen molar-refractivity contribution in [1.82, 2.24) is 4.90 Å². The van der Waals surface area contributed by atoms with Crippen LogP contribution in [0.4, 0.5) is 0 Å². The van der Waals surface area contributed by atoms with Gasteiger partial charge in [-0.25, -0.2) is 8.42 Å². The number of nitriles is 1. The maximum atomic E-state index is 10.5. The van der Waals surface area contributed by atoms with Gasteiger partial charge in [0.25, 0.3) is 0 Å². The fourth-order valence-corrected chi connectivity index (χ4v) is 3.04. The van der Waals surface area contributed by atoms with Crippen molar-refractivity contribution in [3.8, 4) is 6.07 Å². The Morgan fingerprint density at radius 1 is 1.63 bits per heavy atom. The minimum atomic E-state index is -4.12. The molecule has 0 amide bonds. The zero-order valence-corrected chi connectivity index (χ0v) is 15.9. The molecule has 0 unspecified atom stereocenters. The molecule has 0 aromatic carbocycles. The third-order valence-electron chi connectivity index (χ3n) is 2.40. The number of rotatable bonds is 5. The van der Waals surface area contributed by atoms with E-state index in [4.69, 9.17) is 5.26 Å². The van der Waals surface area contributed by atoms with Crippen LogP contribution in [0.1, 0.15) is 13.3 Å². The molecule has 0 aromatic heterocycles. The molecule has 0 aromatic rings. The first-order valence-electron chi connectivity index (χ1n) is 5.52. The number of nitrogens with zero attached hydrogens (tertiary/aromatic N) is 2. The Morgan fingerprint density at radius 3 is 2.89 bits per heavy atom. The maximum absolute atomic E-state index is 10.5. The largest absolute Gasteiger partial charge is 1.00 e. The molecule has 0 N–H and O–H groups in total. The topological polar surface area (TPSA) is 84.2 Å². The second-order valence-corrected chi connectivity index (χ2v) is 6.56. The summed E-state index contributed by atoms with van der Waals surface area (Å²) in [6, 6.07) is 2.03. The maximum Gasteiger partial charge on any atom is 1.00 e. The van der Waals surface area contributed by atoms with E-state index in [9.17, 15) is 13.0 Å². The van der Waals surface area contributed by atoms with Gasteiger partial charge < -0.3 is 9.45 Å². The van der Waals surface area contributed by atoms with Gasteiger partial charge in [-0.05, 0) is 25.5 Å². The summed E-state index contributed by atoms with van der Waals surface area (Å²) in [5.41, 5.74) is 0.622. The second kappa shape index (κ2) is 9.58. The third kappa shape index (κ3) is 8.52. The number of hydrogen-bond donors (Lipinski definition) is 0. The van der Waals surface area contributed by atoms with Crippen molar-refractivity contribution in [2.75, 3.05) is 24.6 Å². The molecule has 19 heavy (non-hydrogen) atoms. The molecule has 0 aliphatic carbocycles. The molecule has 0 bridgehead atoms. The van der Waals surface area contributed by atoms with Crippen molar-refractivity contribution in [2.45, 2.75) is 13.3 Å². The van der Waals surface area contributed by atoms with Crippen molar-refractivity contribution in [2.24, 2.45) is 0 Å². The Hall–Kier alpha value is 0.666. The first kappa shape index (κ1) is 19.7. The van der Waals surface area contributed by atoms with Crippen molar-refractivity contribution in [3.63, 3.8) is 0 Å². The van der Waals surface area contributed by atoms with E-state index in [1.54, 1.807) is 24.8 Å². The van der Waals surface area contributed by atoms with Gasteiger partial charge in [-0.15, -0.1) is 11.8 Å². The third-order valence-corrected chi connectivity index (χ3v) is 4.26. The predicted molar refractivity (Wildman–Crippen MR) is 70.7 cm³/mol. The summed E-state index contributed by atoms with van der Waals surface area (Å²) in [7, 11) is -4.12. The van der Waals surface area contributed by atoms with Crippen LogP contribution in [0.2, 0.25) is 0 Å². The summed E-state index contributed by atoms with van der Waals surface area (Å²) < 4.78 is 31.5. The number of thioether (sulfide) groups is 1. The molecule has 100 valence electrons. The Balaban J connectivity index is 0.00000324. The Kier molecular flexibility index (Phi) is 9.91. The fourth-order valence-electron chi connectivity index (χ4n) is 1.50. The summed E-state index contributed by atoms with van der Waals surface area (Å²) in [4.78, 5) is 2.04. The monoisotopic (exact) mass is 326 g/mol. The molecule has 0 atom stereocenters. The molecule has 1 heterocycles. The average molecular weight is 326 g/mol. The van der Waals surface area contributed by atoms with Gasteiger partial charge in [0.05, 0.1) is 21.2 Å². The van der Waals surface area contributed by atoms with E-state index in [1.165, 1.54) is 0 Å². The van der Waals surface area contributed by atoms with E-state index in [0.29, 0.717) is 18.5 Å².